The molecule has 0 saturated carbocycles. The van der Waals surface area contributed by atoms with E-state index in [2.05, 4.69) is 34.0 Å². The first-order chi connectivity index (χ1) is 11.3. The van der Waals surface area contributed by atoms with Gasteiger partial charge in [-0.25, -0.2) is 9.50 Å². The van der Waals surface area contributed by atoms with Crippen molar-refractivity contribution in [3.05, 3.63) is 39.8 Å². The molecule has 0 aromatic carbocycles. The summed E-state index contributed by atoms with van der Waals surface area (Å²) in [4.78, 5) is 17.6. The van der Waals surface area contributed by atoms with Gasteiger partial charge in [0, 0.05) is 17.0 Å². The van der Waals surface area contributed by atoms with Crippen LogP contribution in [0.2, 0.25) is 0 Å². The molecule has 0 aliphatic heterocycles. The number of aryl methyl sites for hydroxylation is 1. The molecule has 0 spiro atoms. The molecule has 2 atom stereocenters. The van der Waals surface area contributed by atoms with Crippen LogP contribution in [0, 0.1) is 22.7 Å². The third-order valence-electron chi connectivity index (χ3n) is 5.73. The van der Waals surface area contributed by atoms with Crippen molar-refractivity contribution in [3.63, 3.8) is 0 Å². The maximum atomic E-state index is 12.7. The van der Waals surface area contributed by atoms with Crippen LogP contribution >= 0.6 is 15.9 Å². The molecule has 2 aliphatic carbocycles. The van der Waals surface area contributed by atoms with Crippen molar-refractivity contribution in [1.82, 2.24) is 14.6 Å². The van der Waals surface area contributed by atoms with Crippen LogP contribution < -0.4 is 0 Å². The predicted octanol–water partition coefficient (Wildman–Crippen LogP) is 3.37. The number of nitriles is 1. The Balaban J connectivity index is 2.03. The highest BCUT2D eigenvalue weighted by atomic mass is 79.9. The molecule has 6 heteroatoms. The third kappa shape index (κ3) is 1.82. The number of aromatic nitrogens is 3. The lowest BCUT2D eigenvalue weighted by molar-refractivity contribution is -0.128. The molecule has 0 N–H and O–H groups in total. The molecule has 5 nitrogen and oxygen atoms in total. The summed E-state index contributed by atoms with van der Waals surface area (Å²) in [7, 11) is 0. The highest BCUT2D eigenvalue weighted by Gasteiger charge is 2.54. The minimum atomic E-state index is -0.572. The Bertz CT molecular complexity index is 965. The summed E-state index contributed by atoms with van der Waals surface area (Å²) in [5, 5.41) is 13.8. The van der Waals surface area contributed by atoms with E-state index in [1.165, 1.54) is 0 Å². The van der Waals surface area contributed by atoms with E-state index >= 15 is 0 Å². The first kappa shape index (κ1) is 15.5. The van der Waals surface area contributed by atoms with Gasteiger partial charge in [-0.15, -0.1) is 0 Å². The zero-order valence-electron chi connectivity index (χ0n) is 13.8. The summed E-state index contributed by atoms with van der Waals surface area (Å²) in [5.74, 6) is 0.0706. The van der Waals surface area contributed by atoms with Crippen molar-refractivity contribution in [1.29, 1.82) is 5.26 Å². The van der Waals surface area contributed by atoms with Gasteiger partial charge in [-0.05, 0) is 40.3 Å². The number of hydrogen-bond acceptors (Lipinski definition) is 4. The summed E-state index contributed by atoms with van der Waals surface area (Å²) in [6.07, 6.45) is 7.36. The second-order valence-electron chi connectivity index (χ2n) is 7.47. The van der Waals surface area contributed by atoms with Crippen molar-refractivity contribution in [2.75, 3.05) is 0 Å². The standard InChI is InChI=1S/C18H17BrN4O/c1-17(2)13-5-4-10-9-23-16(12(19)8-21-23)22-14(10)18(13,3)6-11(7-20)15(17)24/h6,8-9,13H,4-5H2,1-3H3. The molecule has 122 valence electrons. The Hall–Kier alpha value is -2.00. The summed E-state index contributed by atoms with van der Waals surface area (Å²) in [6.45, 7) is 6.02. The Morgan fingerprint density at radius 2 is 2.17 bits per heavy atom. The van der Waals surface area contributed by atoms with E-state index < -0.39 is 10.8 Å². The van der Waals surface area contributed by atoms with E-state index in [4.69, 9.17) is 4.98 Å². The number of rotatable bonds is 0. The van der Waals surface area contributed by atoms with Gasteiger partial charge in [0.2, 0.25) is 0 Å². The van der Waals surface area contributed by atoms with Gasteiger partial charge in [0.05, 0.1) is 21.9 Å². The fourth-order valence-electron chi connectivity index (χ4n) is 4.57. The number of ketones is 1. The van der Waals surface area contributed by atoms with Gasteiger partial charge < -0.3 is 0 Å². The zero-order valence-corrected chi connectivity index (χ0v) is 15.4. The van der Waals surface area contributed by atoms with E-state index in [0.717, 1.165) is 34.2 Å². The predicted molar refractivity (Wildman–Crippen MR) is 92.3 cm³/mol. The minimum absolute atomic E-state index is 0.0532. The second kappa shape index (κ2) is 4.76. The van der Waals surface area contributed by atoms with E-state index in [0.29, 0.717) is 0 Å². The first-order valence-corrected chi connectivity index (χ1v) is 8.79. The molecular formula is C18H17BrN4O. The van der Waals surface area contributed by atoms with E-state index in [1.54, 1.807) is 10.7 Å². The molecule has 2 aromatic rings. The highest BCUT2D eigenvalue weighted by Crippen LogP contribution is 2.54. The minimum Gasteiger partial charge on any atom is -0.293 e. The van der Waals surface area contributed by atoms with Crippen LogP contribution in [0.5, 0.6) is 0 Å². The topological polar surface area (TPSA) is 71.0 Å². The van der Waals surface area contributed by atoms with Gasteiger partial charge in [0.15, 0.2) is 11.4 Å². The zero-order chi connectivity index (χ0) is 17.3. The van der Waals surface area contributed by atoms with Gasteiger partial charge in [0.25, 0.3) is 0 Å². The first-order valence-electron chi connectivity index (χ1n) is 8.00. The van der Waals surface area contributed by atoms with Crippen LogP contribution in [-0.4, -0.2) is 20.4 Å². The Morgan fingerprint density at radius 3 is 2.88 bits per heavy atom. The Kier molecular flexibility index (Phi) is 3.08. The Labute approximate surface area is 148 Å². The van der Waals surface area contributed by atoms with Crippen LogP contribution in [0.3, 0.4) is 0 Å². The molecular weight excluding hydrogens is 368 g/mol. The summed E-state index contributed by atoms with van der Waals surface area (Å²) >= 11 is 3.49. The maximum absolute atomic E-state index is 12.7. The number of Topliss-reactive ketones (excluding diaryl/α,β-unsaturated/α-hetero) is 1. The van der Waals surface area contributed by atoms with Crippen LogP contribution in [0.15, 0.2) is 28.5 Å². The molecule has 0 bridgehead atoms. The number of carbonyl (C=O) groups is 1. The SMILES string of the molecule is CC1(C)C(=O)C(C#N)=CC2(C)c3nc4c(Br)cnn4cc3CCC12. The van der Waals surface area contributed by atoms with E-state index in [1.807, 2.05) is 26.1 Å². The van der Waals surface area contributed by atoms with Crippen molar-refractivity contribution < 1.29 is 4.79 Å². The highest BCUT2D eigenvalue weighted by molar-refractivity contribution is 9.10. The molecule has 2 aliphatic rings. The smallest absolute Gasteiger partial charge is 0.178 e. The molecule has 24 heavy (non-hydrogen) atoms. The van der Waals surface area contributed by atoms with Gasteiger partial charge in [-0.1, -0.05) is 26.8 Å². The summed E-state index contributed by atoms with van der Waals surface area (Å²) in [5.41, 5.74) is 2.10. The lowest BCUT2D eigenvalue weighted by Gasteiger charge is -2.50. The quantitative estimate of drug-likeness (QED) is 0.697. The average molecular weight is 385 g/mol. The van der Waals surface area contributed by atoms with Crippen LogP contribution in [0.4, 0.5) is 0 Å². The lowest BCUT2D eigenvalue weighted by Crippen LogP contribution is -2.51. The van der Waals surface area contributed by atoms with Gasteiger partial charge in [-0.3, -0.25) is 4.79 Å². The average Bonchev–Trinajstić information content (AvgIpc) is 2.90. The van der Waals surface area contributed by atoms with Gasteiger partial charge in [-0.2, -0.15) is 10.4 Å². The number of allylic oxidation sites excluding steroid dienone is 2. The normalized spacial score (nSPS) is 28.0. The summed E-state index contributed by atoms with van der Waals surface area (Å²) < 4.78 is 2.62. The molecule has 2 heterocycles. The monoisotopic (exact) mass is 384 g/mol. The molecule has 0 saturated heterocycles. The number of nitrogens with zero attached hydrogens (tertiary/aromatic N) is 4. The molecule has 4 rings (SSSR count). The number of halogens is 1. The summed E-state index contributed by atoms with van der Waals surface area (Å²) in [6, 6.07) is 2.10. The molecule has 2 unspecified atom stereocenters. The largest absolute Gasteiger partial charge is 0.293 e. The van der Waals surface area contributed by atoms with Crippen LogP contribution in [0.1, 0.15) is 38.4 Å². The fourth-order valence-corrected chi connectivity index (χ4v) is 4.93. The molecule has 0 amide bonds. The number of fused-ring (bicyclic) bond motifs is 4. The third-order valence-corrected chi connectivity index (χ3v) is 6.29. The van der Waals surface area contributed by atoms with E-state index in [9.17, 15) is 10.1 Å². The lowest BCUT2D eigenvalue weighted by atomic mass is 9.52. The van der Waals surface area contributed by atoms with Crippen LogP contribution in [-0.2, 0) is 16.6 Å². The Morgan fingerprint density at radius 1 is 1.42 bits per heavy atom. The van der Waals surface area contributed by atoms with E-state index in [-0.39, 0.29) is 17.3 Å². The maximum Gasteiger partial charge on any atom is 0.178 e. The van der Waals surface area contributed by atoms with Gasteiger partial charge in [0.1, 0.15) is 6.07 Å². The van der Waals surface area contributed by atoms with Crippen molar-refractivity contribution in [2.24, 2.45) is 11.3 Å². The molecule has 0 radical (unpaired) electrons. The second-order valence-corrected chi connectivity index (χ2v) is 8.32. The number of carbonyl (C=O) groups excluding carboxylic acids is 1. The number of hydrogen-bond donors (Lipinski definition) is 0. The van der Waals surface area contributed by atoms with Crippen molar-refractivity contribution in [2.45, 2.75) is 39.0 Å². The van der Waals surface area contributed by atoms with Crippen LogP contribution in [0.25, 0.3) is 5.65 Å². The van der Waals surface area contributed by atoms with Gasteiger partial charge >= 0.3 is 0 Å². The molecule has 0 fully saturated rings. The fraction of sp³-hybridized carbons (Fsp3) is 0.444. The van der Waals surface area contributed by atoms with Crippen molar-refractivity contribution in [3.8, 4) is 6.07 Å². The molecule has 2 aromatic heterocycles. The van der Waals surface area contributed by atoms with Crippen molar-refractivity contribution >= 4 is 27.4 Å².